The molecule has 3 rings (SSSR count). The highest BCUT2D eigenvalue weighted by Gasteiger charge is 2.38. The lowest BCUT2D eigenvalue weighted by Gasteiger charge is -2.27. The average Bonchev–Trinajstić information content (AvgIpc) is 2.70. The Kier molecular flexibility index (Phi) is 3.33. The number of carbonyl (C=O) groups is 2. The molecule has 6 nitrogen and oxygen atoms in total. The molecule has 1 fully saturated rings. The van der Waals surface area contributed by atoms with Crippen LogP contribution in [0.4, 0.5) is 16.2 Å². The van der Waals surface area contributed by atoms with Crippen molar-refractivity contribution in [2.45, 2.75) is 19.3 Å². The van der Waals surface area contributed by atoms with Crippen LogP contribution < -0.4 is 10.6 Å². The number of ether oxygens (including phenoxy) is 1. The van der Waals surface area contributed by atoms with Crippen LogP contribution in [-0.4, -0.2) is 43.1 Å². The first-order valence-corrected chi connectivity index (χ1v) is 7.08. The zero-order valence-electron chi connectivity index (χ0n) is 12.2. The zero-order valence-corrected chi connectivity index (χ0v) is 12.2. The normalized spacial score (nSPS) is 19.9. The lowest BCUT2D eigenvalue weighted by Crippen LogP contribution is -2.43. The summed E-state index contributed by atoms with van der Waals surface area (Å²) < 4.78 is 5.23. The molecule has 1 aromatic carbocycles. The van der Waals surface area contributed by atoms with Crippen LogP contribution in [0.5, 0.6) is 0 Å². The second-order valence-corrected chi connectivity index (χ2v) is 5.87. The van der Waals surface area contributed by atoms with E-state index < -0.39 is 5.41 Å². The molecule has 6 heteroatoms. The van der Waals surface area contributed by atoms with Gasteiger partial charge in [0.15, 0.2) is 0 Å². The number of morpholine rings is 1. The van der Waals surface area contributed by atoms with Crippen molar-refractivity contribution in [3.05, 3.63) is 23.8 Å². The average molecular weight is 289 g/mol. The van der Waals surface area contributed by atoms with Gasteiger partial charge in [0.05, 0.1) is 18.6 Å². The maximum absolute atomic E-state index is 12.2. The first-order valence-electron chi connectivity index (χ1n) is 7.08. The number of anilines is 2. The van der Waals surface area contributed by atoms with Crippen LogP contribution in [0.2, 0.25) is 0 Å². The molecule has 0 aromatic heterocycles. The van der Waals surface area contributed by atoms with Gasteiger partial charge >= 0.3 is 6.03 Å². The molecule has 1 aromatic rings. The number of benzene rings is 1. The van der Waals surface area contributed by atoms with E-state index in [1.54, 1.807) is 11.0 Å². The van der Waals surface area contributed by atoms with Crippen molar-refractivity contribution in [2.24, 2.45) is 0 Å². The Hall–Kier alpha value is -2.08. The summed E-state index contributed by atoms with van der Waals surface area (Å²) in [5, 5.41) is 5.74. The van der Waals surface area contributed by atoms with Crippen molar-refractivity contribution in [3.63, 3.8) is 0 Å². The monoisotopic (exact) mass is 289 g/mol. The fourth-order valence-electron chi connectivity index (χ4n) is 2.62. The molecule has 0 bridgehead atoms. The molecular formula is C15H19N3O3. The summed E-state index contributed by atoms with van der Waals surface area (Å²) in [5.41, 5.74) is 1.85. The third kappa shape index (κ3) is 2.47. The SMILES string of the molecule is CC1(C)C(=O)Nc2ccc(NC(=O)N3CCOCC3)cc21. The van der Waals surface area contributed by atoms with Crippen LogP contribution in [0.3, 0.4) is 0 Å². The number of nitrogens with zero attached hydrogens (tertiary/aromatic N) is 1. The van der Waals surface area contributed by atoms with E-state index in [0.717, 1.165) is 11.3 Å². The van der Waals surface area contributed by atoms with E-state index in [2.05, 4.69) is 10.6 Å². The van der Waals surface area contributed by atoms with Crippen LogP contribution in [0.25, 0.3) is 0 Å². The summed E-state index contributed by atoms with van der Waals surface area (Å²) >= 11 is 0. The Bertz CT molecular complexity index is 592. The molecule has 0 aliphatic carbocycles. The summed E-state index contributed by atoms with van der Waals surface area (Å²) in [6.45, 7) is 6.10. The molecule has 112 valence electrons. The highest BCUT2D eigenvalue weighted by molar-refractivity contribution is 6.06. The quantitative estimate of drug-likeness (QED) is 0.828. The number of nitrogens with one attached hydrogen (secondary N) is 2. The van der Waals surface area contributed by atoms with E-state index in [9.17, 15) is 9.59 Å². The number of urea groups is 1. The highest BCUT2D eigenvalue weighted by Crippen LogP contribution is 2.38. The van der Waals surface area contributed by atoms with Crippen molar-refractivity contribution >= 4 is 23.3 Å². The fourth-order valence-corrected chi connectivity index (χ4v) is 2.62. The van der Waals surface area contributed by atoms with Gasteiger partial charge in [-0.25, -0.2) is 4.79 Å². The summed E-state index contributed by atoms with van der Waals surface area (Å²) in [6.07, 6.45) is 0. The maximum Gasteiger partial charge on any atom is 0.321 e. The number of rotatable bonds is 1. The van der Waals surface area contributed by atoms with Crippen LogP contribution >= 0.6 is 0 Å². The molecule has 21 heavy (non-hydrogen) atoms. The highest BCUT2D eigenvalue weighted by atomic mass is 16.5. The Morgan fingerprint density at radius 3 is 2.76 bits per heavy atom. The lowest BCUT2D eigenvalue weighted by atomic mass is 9.86. The molecule has 0 spiro atoms. The second-order valence-electron chi connectivity index (χ2n) is 5.87. The minimum atomic E-state index is -0.574. The van der Waals surface area contributed by atoms with E-state index in [1.807, 2.05) is 26.0 Å². The van der Waals surface area contributed by atoms with Gasteiger partial charge in [0.25, 0.3) is 0 Å². The molecule has 2 aliphatic heterocycles. The van der Waals surface area contributed by atoms with E-state index >= 15 is 0 Å². The zero-order chi connectivity index (χ0) is 15.0. The van der Waals surface area contributed by atoms with E-state index in [-0.39, 0.29) is 11.9 Å². The summed E-state index contributed by atoms with van der Waals surface area (Å²) in [4.78, 5) is 25.8. The van der Waals surface area contributed by atoms with Crippen LogP contribution in [0.15, 0.2) is 18.2 Å². The van der Waals surface area contributed by atoms with Crippen molar-refractivity contribution in [3.8, 4) is 0 Å². The minimum Gasteiger partial charge on any atom is -0.378 e. The van der Waals surface area contributed by atoms with Gasteiger partial charge in [0.1, 0.15) is 0 Å². The van der Waals surface area contributed by atoms with Gasteiger partial charge in [0.2, 0.25) is 5.91 Å². The summed E-state index contributed by atoms with van der Waals surface area (Å²) in [5.74, 6) is -0.0193. The van der Waals surface area contributed by atoms with Crippen LogP contribution in [0.1, 0.15) is 19.4 Å². The Morgan fingerprint density at radius 2 is 2.05 bits per heavy atom. The van der Waals surface area contributed by atoms with E-state index in [1.165, 1.54) is 0 Å². The van der Waals surface area contributed by atoms with Crippen molar-refractivity contribution in [1.82, 2.24) is 4.90 Å². The van der Waals surface area contributed by atoms with Crippen molar-refractivity contribution in [2.75, 3.05) is 36.9 Å². The maximum atomic E-state index is 12.2. The molecule has 3 amide bonds. The first kappa shape index (κ1) is 13.9. The number of hydrogen-bond donors (Lipinski definition) is 2. The topological polar surface area (TPSA) is 70.7 Å². The van der Waals surface area contributed by atoms with Crippen molar-refractivity contribution < 1.29 is 14.3 Å². The molecule has 1 saturated heterocycles. The van der Waals surface area contributed by atoms with Gasteiger partial charge in [-0.2, -0.15) is 0 Å². The Morgan fingerprint density at radius 1 is 1.33 bits per heavy atom. The molecule has 2 heterocycles. The molecule has 0 unspecified atom stereocenters. The molecule has 0 atom stereocenters. The summed E-state index contributed by atoms with van der Waals surface area (Å²) in [7, 11) is 0. The molecule has 0 saturated carbocycles. The number of fused-ring (bicyclic) bond motifs is 1. The van der Waals surface area contributed by atoms with E-state index in [4.69, 9.17) is 4.74 Å². The van der Waals surface area contributed by atoms with Gasteiger partial charge < -0.3 is 20.3 Å². The van der Waals surface area contributed by atoms with Crippen LogP contribution in [-0.2, 0) is 14.9 Å². The van der Waals surface area contributed by atoms with Gasteiger partial charge in [-0.3, -0.25) is 4.79 Å². The first-order chi connectivity index (χ1) is 9.98. The largest absolute Gasteiger partial charge is 0.378 e. The third-order valence-corrected chi connectivity index (χ3v) is 4.06. The Balaban J connectivity index is 1.77. The minimum absolute atomic E-state index is 0.0193. The lowest BCUT2D eigenvalue weighted by molar-refractivity contribution is -0.119. The number of amides is 3. The van der Waals surface area contributed by atoms with Crippen molar-refractivity contribution in [1.29, 1.82) is 0 Å². The Labute approximate surface area is 123 Å². The van der Waals surface area contributed by atoms with E-state index in [0.29, 0.717) is 32.0 Å². The molecule has 2 N–H and O–H groups in total. The predicted molar refractivity (Wildman–Crippen MR) is 79.5 cm³/mol. The van der Waals surface area contributed by atoms with Crippen LogP contribution in [0, 0.1) is 0 Å². The van der Waals surface area contributed by atoms with Gasteiger partial charge in [0, 0.05) is 24.5 Å². The fraction of sp³-hybridized carbons (Fsp3) is 0.467. The summed E-state index contributed by atoms with van der Waals surface area (Å²) in [6, 6.07) is 5.37. The van der Waals surface area contributed by atoms with Gasteiger partial charge in [-0.05, 0) is 37.6 Å². The third-order valence-electron chi connectivity index (χ3n) is 4.06. The van der Waals surface area contributed by atoms with Gasteiger partial charge in [-0.1, -0.05) is 0 Å². The van der Waals surface area contributed by atoms with Gasteiger partial charge in [-0.15, -0.1) is 0 Å². The molecular weight excluding hydrogens is 270 g/mol. The smallest absolute Gasteiger partial charge is 0.321 e. The number of carbonyl (C=O) groups excluding carboxylic acids is 2. The second kappa shape index (κ2) is 5.04. The molecule has 2 aliphatic rings. The predicted octanol–water partition coefficient (Wildman–Crippen LogP) is 1.78. The standard InChI is InChI=1S/C15H19N3O3/c1-15(2)11-9-10(3-4-12(11)17-13(15)19)16-14(20)18-5-7-21-8-6-18/h3-4,9H,5-8H2,1-2H3,(H,16,20)(H,17,19). The molecule has 0 radical (unpaired) electrons. The number of hydrogen-bond acceptors (Lipinski definition) is 3.